The van der Waals surface area contributed by atoms with E-state index in [1.807, 2.05) is 5.43 Å². The van der Waals surface area contributed by atoms with Crippen LogP contribution in [0.2, 0.25) is 0 Å². The monoisotopic (exact) mass is 238 g/mol. The number of hydrazine groups is 1. The van der Waals surface area contributed by atoms with Crippen LogP contribution in [0.25, 0.3) is 0 Å². The van der Waals surface area contributed by atoms with Gasteiger partial charge in [0.25, 0.3) is 5.91 Å². The van der Waals surface area contributed by atoms with Crippen LogP contribution in [-0.4, -0.2) is 45.4 Å². The highest BCUT2D eigenvalue weighted by molar-refractivity contribution is 5.91. The second-order valence-electron chi connectivity index (χ2n) is 4.41. The number of nitrogens with two attached hydrogens (primary N) is 1. The van der Waals surface area contributed by atoms with Crippen molar-refractivity contribution in [3.05, 3.63) is 11.9 Å². The molecule has 0 unspecified atom stereocenters. The maximum Gasteiger partial charge on any atom is 0.287 e. The summed E-state index contributed by atoms with van der Waals surface area (Å²) in [4.78, 5) is 13.5. The van der Waals surface area contributed by atoms with E-state index >= 15 is 0 Å². The summed E-state index contributed by atoms with van der Waals surface area (Å²) in [5.74, 6) is 4.60. The normalized spacial score (nSPS) is 15.9. The number of hydrogen-bond acceptors (Lipinski definition) is 5. The van der Waals surface area contributed by atoms with Gasteiger partial charge in [0.1, 0.15) is 0 Å². The average Bonchev–Trinajstić information content (AvgIpc) is 2.71. The van der Waals surface area contributed by atoms with Gasteiger partial charge in [0.05, 0.1) is 12.7 Å². The van der Waals surface area contributed by atoms with E-state index in [1.54, 1.807) is 10.9 Å². The molecule has 1 aromatic rings. The molecule has 7 heteroatoms. The predicted octanol–water partition coefficient (Wildman–Crippen LogP) is -0.634. The minimum Gasteiger partial charge on any atom is -0.302 e. The minimum atomic E-state index is -0.413. The molecule has 2 rings (SSSR count). The minimum absolute atomic E-state index is 0.249. The Kier molecular flexibility index (Phi) is 3.70. The van der Waals surface area contributed by atoms with Gasteiger partial charge in [-0.05, 0) is 19.9 Å². The third-order valence-corrected chi connectivity index (χ3v) is 3.28. The van der Waals surface area contributed by atoms with E-state index in [9.17, 15) is 4.79 Å². The van der Waals surface area contributed by atoms with E-state index < -0.39 is 5.91 Å². The van der Waals surface area contributed by atoms with Crippen molar-refractivity contribution in [2.45, 2.75) is 31.8 Å². The zero-order valence-corrected chi connectivity index (χ0v) is 9.96. The Hall–Kier alpha value is -1.47. The van der Waals surface area contributed by atoms with Gasteiger partial charge in [-0.3, -0.25) is 14.9 Å². The molecule has 1 aliphatic rings. The van der Waals surface area contributed by atoms with E-state index in [1.165, 1.54) is 19.3 Å². The highest BCUT2D eigenvalue weighted by Crippen LogP contribution is 2.23. The van der Waals surface area contributed by atoms with Gasteiger partial charge in [-0.2, -0.15) is 0 Å². The van der Waals surface area contributed by atoms with Crippen molar-refractivity contribution >= 4 is 5.91 Å². The molecule has 1 aromatic heterocycles. The molecule has 7 nitrogen and oxygen atoms in total. The number of carbonyl (C=O) groups is 1. The molecule has 0 atom stereocenters. The first kappa shape index (κ1) is 12.0. The summed E-state index contributed by atoms with van der Waals surface area (Å²) >= 11 is 0. The molecule has 17 heavy (non-hydrogen) atoms. The summed E-state index contributed by atoms with van der Waals surface area (Å²) in [5.41, 5.74) is 2.28. The van der Waals surface area contributed by atoms with Crippen LogP contribution < -0.4 is 11.3 Å². The zero-order chi connectivity index (χ0) is 12.3. The highest BCUT2D eigenvalue weighted by Gasteiger charge is 2.21. The highest BCUT2D eigenvalue weighted by atomic mass is 16.2. The van der Waals surface area contributed by atoms with E-state index in [4.69, 9.17) is 5.84 Å². The number of nitrogens with one attached hydrogen (secondary N) is 1. The lowest BCUT2D eigenvalue weighted by molar-refractivity contribution is 0.0948. The van der Waals surface area contributed by atoms with Gasteiger partial charge < -0.3 is 4.90 Å². The number of likely N-dealkylation sites (N-methyl/N-ethyl adjacent to an activating group) is 1. The van der Waals surface area contributed by atoms with Crippen LogP contribution in [0.1, 0.15) is 29.8 Å². The van der Waals surface area contributed by atoms with Gasteiger partial charge in [0, 0.05) is 12.6 Å². The molecule has 1 saturated carbocycles. The molecule has 0 saturated heterocycles. The fourth-order valence-electron chi connectivity index (χ4n) is 1.86. The molecule has 1 heterocycles. The molecule has 1 fully saturated rings. The first-order valence-corrected chi connectivity index (χ1v) is 5.82. The van der Waals surface area contributed by atoms with Crippen LogP contribution in [0.5, 0.6) is 0 Å². The lowest BCUT2D eigenvalue weighted by Crippen LogP contribution is -2.38. The molecule has 3 N–H and O–H groups in total. The van der Waals surface area contributed by atoms with Crippen molar-refractivity contribution in [1.82, 2.24) is 25.3 Å². The van der Waals surface area contributed by atoms with Gasteiger partial charge in [0.15, 0.2) is 5.69 Å². The quantitative estimate of drug-likeness (QED) is 0.405. The van der Waals surface area contributed by atoms with Crippen molar-refractivity contribution in [3.8, 4) is 0 Å². The van der Waals surface area contributed by atoms with Crippen LogP contribution in [-0.2, 0) is 6.54 Å². The molecule has 0 aliphatic heterocycles. The van der Waals surface area contributed by atoms with Gasteiger partial charge in [-0.15, -0.1) is 5.10 Å². The van der Waals surface area contributed by atoms with Gasteiger partial charge in [-0.1, -0.05) is 11.6 Å². The van der Waals surface area contributed by atoms with Crippen LogP contribution in [0.3, 0.4) is 0 Å². The Morgan fingerprint density at radius 3 is 3.06 bits per heavy atom. The Balaban J connectivity index is 1.82. The number of rotatable bonds is 5. The number of hydrogen-bond donors (Lipinski definition) is 2. The topological polar surface area (TPSA) is 89.1 Å². The predicted molar refractivity (Wildman–Crippen MR) is 61.9 cm³/mol. The third-order valence-electron chi connectivity index (χ3n) is 3.28. The maximum absolute atomic E-state index is 11.2. The van der Waals surface area contributed by atoms with Gasteiger partial charge in [-0.25, -0.2) is 5.84 Å². The molecular weight excluding hydrogens is 220 g/mol. The van der Waals surface area contributed by atoms with Crippen molar-refractivity contribution in [1.29, 1.82) is 0 Å². The van der Waals surface area contributed by atoms with Crippen molar-refractivity contribution in [2.75, 3.05) is 13.6 Å². The van der Waals surface area contributed by atoms with Crippen molar-refractivity contribution in [2.24, 2.45) is 5.84 Å². The van der Waals surface area contributed by atoms with Crippen molar-refractivity contribution < 1.29 is 4.79 Å². The molecule has 1 amide bonds. The number of nitrogen functional groups attached to an aromatic ring is 1. The average molecular weight is 238 g/mol. The summed E-state index contributed by atoms with van der Waals surface area (Å²) in [6, 6.07) is 0.713. The molecule has 1 aliphatic carbocycles. The Bertz CT molecular complexity index is 386. The Morgan fingerprint density at radius 2 is 2.47 bits per heavy atom. The molecule has 0 spiro atoms. The third kappa shape index (κ3) is 2.80. The second-order valence-corrected chi connectivity index (χ2v) is 4.41. The van der Waals surface area contributed by atoms with Gasteiger partial charge in [0.2, 0.25) is 0 Å². The molecule has 0 radical (unpaired) electrons. The first-order valence-electron chi connectivity index (χ1n) is 5.82. The molecule has 0 bridgehead atoms. The largest absolute Gasteiger partial charge is 0.302 e. The van der Waals surface area contributed by atoms with E-state index in [-0.39, 0.29) is 5.69 Å². The standard InChI is InChI=1S/C10H18N6O/c1-15(8-3-2-4-8)5-6-16-7-9(13-14-16)10(17)12-11/h7-8H,2-6,11H2,1H3,(H,12,17). The fraction of sp³-hybridized carbons (Fsp3) is 0.700. The number of aromatic nitrogens is 3. The second kappa shape index (κ2) is 5.24. The lowest BCUT2D eigenvalue weighted by atomic mass is 9.92. The summed E-state index contributed by atoms with van der Waals surface area (Å²) in [5, 5.41) is 7.63. The summed E-state index contributed by atoms with van der Waals surface area (Å²) in [6.07, 6.45) is 5.51. The number of amides is 1. The maximum atomic E-state index is 11.2. The Labute approximate surface area is 99.9 Å². The van der Waals surface area contributed by atoms with E-state index in [0.29, 0.717) is 6.04 Å². The summed E-state index contributed by atoms with van der Waals surface area (Å²) < 4.78 is 1.67. The van der Waals surface area contributed by atoms with Crippen LogP contribution in [0.4, 0.5) is 0 Å². The summed E-state index contributed by atoms with van der Waals surface area (Å²) in [6.45, 7) is 1.65. The molecule has 94 valence electrons. The zero-order valence-electron chi connectivity index (χ0n) is 9.96. The fourth-order valence-corrected chi connectivity index (χ4v) is 1.86. The van der Waals surface area contributed by atoms with Crippen molar-refractivity contribution in [3.63, 3.8) is 0 Å². The van der Waals surface area contributed by atoms with Crippen LogP contribution in [0.15, 0.2) is 6.20 Å². The Morgan fingerprint density at radius 1 is 1.71 bits per heavy atom. The lowest BCUT2D eigenvalue weighted by Gasteiger charge is -2.34. The number of nitrogens with zero attached hydrogens (tertiary/aromatic N) is 4. The van der Waals surface area contributed by atoms with E-state index in [2.05, 4.69) is 22.3 Å². The smallest absolute Gasteiger partial charge is 0.287 e. The van der Waals surface area contributed by atoms with Gasteiger partial charge >= 0.3 is 0 Å². The van der Waals surface area contributed by atoms with Crippen LogP contribution in [0, 0.1) is 0 Å². The molecular formula is C10H18N6O. The van der Waals surface area contributed by atoms with E-state index in [0.717, 1.165) is 13.1 Å². The summed E-state index contributed by atoms with van der Waals surface area (Å²) in [7, 11) is 2.12. The SMILES string of the molecule is CN(CCn1cc(C(=O)NN)nn1)C1CCC1. The molecule has 0 aromatic carbocycles. The number of carbonyl (C=O) groups excluding carboxylic acids is 1. The van der Waals surface area contributed by atoms with Crippen LogP contribution >= 0.6 is 0 Å². The first-order chi connectivity index (χ1) is 8.20.